The highest BCUT2D eigenvalue weighted by Gasteiger charge is 2.25. The lowest BCUT2D eigenvalue weighted by Gasteiger charge is -2.15. The predicted molar refractivity (Wildman–Crippen MR) is 150 cm³/mol. The van der Waals surface area contributed by atoms with Gasteiger partial charge < -0.3 is 20.1 Å². The third-order valence-electron chi connectivity index (χ3n) is 6.91. The Morgan fingerprint density at radius 2 is 1.79 bits per heavy atom. The molecule has 0 saturated heterocycles. The number of para-hydroxylation sites is 1. The van der Waals surface area contributed by atoms with Crippen LogP contribution in [-0.4, -0.2) is 45.6 Å². The minimum absolute atomic E-state index is 0.117. The number of aromatic amines is 1. The Kier molecular flexibility index (Phi) is 7.13. The smallest absolute Gasteiger partial charge is 0.326 e. The number of rotatable bonds is 8. The van der Waals surface area contributed by atoms with E-state index in [0.29, 0.717) is 38.5 Å². The number of aliphatic carboxylic acids is 1. The quantitative estimate of drug-likeness (QED) is 0.251. The van der Waals surface area contributed by atoms with Gasteiger partial charge in [-0.15, -0.1) is 0 Å². The summed E-state index contributed by atoms with van der Waals surface area (Å²) < 4.78 is 6.95. The molecule has 2 aromatic heterocycles. The number of carboxylic acids is 1. The number of H-pyrrole nitrogens is 1. The Hall–Kier alpha value is -4.56. The molecule has 198 valence electrons. The zero-order chi connectivity index (χ0) is 27.7. The lowest BCUT2D eigenvalue weighted by atomic mass is 10.0. The molecule has 0 aliphatic carbocycles. The zero-order valence-electron chi connectivity index (χ0n) is 21.3. The number of nitrogens with one attached hydrogen (secondary N) is 2. The Morgan fingerprint density at radius 3 is 2.51 bits per heavy atom. The number of benzene rings is 3. The monoisotopic (exact) mass is 543 g/mol. The summed E-state index contributed by atoms with van der Waals surface area (Å²) >= 11 is 6.00. The summed E-state index contributed by atoms with van der Waals surface area (Å²) in [6, 6.07) is 18.3. The van der Waals surface area contributed by atoms with Crippen LogP contribution in [0.3, 0.4) is 0 Å². The molecule has 5 aromatic rings. The van der Waals surface area contributed by atoms with Gasteiger partial charge in [0.2, 0.25) is 5.91 Å². The molecule has 3 aromatic carbocycles. The van der Waals surface area contributed by atoms with Gasteiger partial charge in [-0.2, -0.15) is 0 Å². The highest BCUT2D eigenvalue weighted by Crippen LogP contribution is 2.31. The molecule has 0 saturated carbocycles. The van der Waals surface area contributed by atoms with E-state index in [1.165, 1.54) is 0 Å². The molecule has 0 spiro atoms. The van der Waals surface area contributed by atoms with Gasteiger partial charge in [0, 0.05) is 45.2 Å². The number of halogens is 1. The van der Waals surface area contributed by atoms with Crippen molar-refractivity contribution >= 4 is 51.2 Å². The standard InChI is InChI=1S/C30H26ClN3O5/c1-17-23(15-28(35)33-26(30(37)38)13-19-16-32-25-6-4-3-5-22(19)25)24-14-21(39-2)11-12-27(24)34(17)29(36)18-7-9-20(31)10-8-18/h3-12,14,16,26,32H,13,15H2,1-2H3,(H,33,35)(H,37,38)/t26-/m0/s1. The van der Waals surface area contributed by atoms with E-state index in [9.17, 15) is 19.5 Å². The molecule has 9 heteroatoms. The molecule has 39 heavy (non-hydrogen) atoms. The topological polar surface area (TPSA) is 113 Å². The van der Waals surface area contributed by atoms with E-state index in [4.69, 9.17) is 16.3 Å². The van der Waals surface area contributed by atoms with Gasteiger partial charge in [-0.1, -0.05) is 29.8 Å². The molecule has 2 heterocycles. The van der Waals surface area contributed by atoms with Gasteiger partial charge in [0.05, 0.1) is 19.0 Å². The van der Waals surface area contributed by atoms with Crippen LogP contribution in [0.5, 0.6) is 5.75 Å². The Balaban J connectivity index is 1.46. The second-order valence-electron chi connectivity index (χ2n) is 9.29. The van der Waals surface area contributed by atoms with Crippen molar-refractivity contribution < 1.29 is 24.2 Å². The number of carboxylic acid groups (broad SMARTS) is 1. The molecule has 3 N–H and O–H groups in total. The maximum Gasteiger partial charge on any atom is 0.326 e. The van der Waals surface area contributed by atoms with Crippen molar-refractivity contribution in [3.05, 3.63) is 100 Å². The van der Waals surface area contributed by atoms with Crippen LogP contribution in [0.4, 0.5) is 0 Å². The van der Waals surface area contributed by atoms with Crippen molar-refractivity contribution in [3.63, 3.8) is 0 Å². The molecule has 0 fully saturated rings. The molecular weight excluding hydrogens is 518 g/mol. The molecule has 1 amide bonds. The van der Waals surface area contributed by atoms with E-state index in [-0.39, 0.29) is 18.7 Å². The highest BCUT2D eigenvalue weighted by atomic mass is 35.5. The summed E-state index contributed by atoms with van der Waals surface area (Å²) in [6.45, 7) is 1.77. The summed E-state index contributed by atoms with van der Waals surface area (Å²) in [5.74, 6) is -1.30. The van der Waals surface area contributed by atoms with Crippen molar-refractivity contribution in [2.75, 3.05) is 7.11 Å². The van der Waals surface area contributed by atoms with Crippen molar-refractivity contribution in [2.45, 2.75) is 25.8 Å². The van der Waals surface area contributed by atoms with Gasteiger partial charge >= 0.3 is 5.97 Å². The summed E-state index contributed by atoms with van der Waals surface area (Å²) in [6.07, 6.45) is 1.77. The Morgan fingerprint density at radius 1 is 1.05 bits per heavy atom. The first-order chi connectivity index (χ1) is 18.8. The number of fused-ring (bicyclic) bond motifs is 2. The molecule has 0 unspecified atom stereocenters. The maximum atomic E-state index is 13.5. The molecule has 0 aliphatic heterocycles. The molecule has 8 nitrogen and oxygen atoms in total. The SMILES string of the molecule is COc1ccc2c(c1)c(CC(=O)N[C@@H](Cc1c[nH]c3ccccc13)C(=O)O)c(C)n2C(=O)c1ccc(Cl)cc1. The summed E-state index contributed by atoms with van der Waals surface area (Å²) in [5, 5.41) is 14.6. The van der Waals surface area contributed by atoms with E-state index >= 15 is 0 Å². The van der Waals surface area contributed by atoms with Crippen molar-refractivity contribution in [1.29, 1.82) is 0 Å². The van der Waals surface area contributed by atoms with Gasteiger partial charge in [-0.3, -0.25) is 14.2 Å². The fraction of sp³-hybridized carbons (Fsp3) is 0.167. The van der Waals surface area contributed by atoms with Gasteiger partial charge in [0.1, 0.15) is 11.8 Å². The molecule has 5 rings (SSSR count). The normalized spacial score (nSPS) is 12.0. The van der Waals surface area contributed by atoms with Crippen LogP contribution < -0.4 is 10.1 Å². The van der Waals surface area contributed by atoms with Crippen molar-refractivity contribution in [2.24, 2.45) is 0 Å². The summed E-state index contributed by atoms with van der Waals surface area (Å²) in [4.78, 5) is 42.0. The van der Waals surface area contributed by atoms with E-state index in [1.54, 1.807) is 67.3 Å². The minimum atomic E-state index is -1.13. The number of aromatic nitrogens is 2. The first kappa shape index (κ1) is 26.1. The molecule has 0 radical (unpaired) electrons. The Bertz CT molecular complexity index is 1720. The van der Waals surface area contributed by atoms with Gasteiger partial charge in [0.15, 0.2) is 0 Å². The average Bonchev–Trinajstić information content (AvgIpc) is 3.46. The second kappa shape index (κ2) is 10.7. The highest BCUT2D eigenvalue weighted by molar-refractivity contribution is 6.30. The number of ether oxygens (including phenoxy) is 1. The fourth-order valence-electron chi connectivity index (χ4n) is 4.92. The average molecular weight is 544 g/mol. The molecule has 1 atom stereocenters. The first-order valence-electron chi connectivity index (χ1n) is 12.3. The third kappa shape index (κ3) is 5.11. The van der Waals surface area contributed by atoms with Crippen LogP contribution in [0.25, 0.3) is 21.8 Å². The number of hydrogen-bond acceptors (Lipinski definition) is 4. The Labute approximate surface area is 229 Å². The number of carbonyl (C=O) groups excluding carboxylic acids is 2. The van der Waals surface area contributed by atoms with Crippen LogP contribution in [0.1, 0.15) is 27.2 Å². The van der Waals surface area contributed by atoms with Crippen molar-refractivity contribution in [1.82, 2.24) is 14.9 Å². The predicted octanol–water partition coefficient (Wildman–Crippen LogP) is 5.14. The summed E-state index contributed by atoms with van der Waals surface area (Å²) in [7, 11) is 1.54. The molecule has 0 aliphatic rings. The van der Waals surface area contributed by atoms with Crippen molar-refractivity contribution in [3.8, 4) is 5.75 Å². The zero-order valence-corrected chi connectivity index (χ0v) is 22.1. The number of nitrogens with zero attached hydrogens (tertiary/aromatic N) is 1. The number of methoxy groups -OCH3 is 1. The number of carbonyl (C=O) groups is 3. The fourth-order valence-corrected chi connectivity index (χ4v) is 5.05. The van der Waals surface area contributed by atoms with E-state index < -0.39 is 17.9 Å². The van der Waals surface area contributed by atoms with Crippen LogP contribution in [0, 0.1) is 6.92 Å². The van der Waals surface area contributed by atoms with Gasteiger partial charge in [-0.25, -0.2) is 4.79 Å². The number of hydrogen-bond donors (Lipinski definition) is 3. The third-order valence-corrected chi connectivity index (χ3v) is 7.16. The maximum absolute atomic E-state index is 13.5. The summed E-state index contributed by atoms with van der Waals surface area (Å²) in [5.41, 5.74) is 3.94. The van der Waals surface area contributed by atoms with E-state index in [2.05, 4.69) is 10.3 Å². The lowest BCUT2D eigenvalue weighted by Crippen LogP contribution is -2.43. The second-order valence-corrected chi connectivity index (χ2v) is 9.73. The first-order valence-corrected chi connectivity index (χ1v) is 12.7. The molecule has 0 bridgehead atoms. The van der Waals surface area contributed by atoms with Crippen LogP contribution in [-0.2, 0) is 22.4 Å². The van der Waals surface area contributed by atoms with Crippen LogP contribution in [0.2, 0.25) is 5.02 Å². The van der Waals surface area contributed by atoms with Crippen LogP contribution >= 0.6 is 11.6 Å². The number of amides is 1. The minimum Gasteiger partial charge on any atom is -0.497 e. The largest absolute Gasteiger partial charge is 0.497 e. The van der Waals surface area contributed by atoms with Gasteiger partial charge in [-0.05, 0) is 66.6 Å². The molecular formula is C30H26ClN3O5. The lowest BCUT2D eigenvalue weighted by molar-refractivity contribution is -0.141. The van der Waals surface area contributed by atoms with Crippen LogP contribution in [0.15, 0.2) is 72.9 Å². The van der Waals surface area contributed by atoms with E-state index in [0.717, 1.165) is 16.5 Å². The van der Waals surface area contributed by atoms with E-state index in [1.807, 2.05) is 24.3 Å². The van der Waals surface area contributed by atoms with Gasteiger partial charge in [0.25, 0.3) is 5.91 Å².